The molecule has 106 valence electrons. The van der Waals surface area contributed by atoms with Crippen LogP contribution in [0.15, 0.2) is 16.3 Å². The van der Waals surface area contributed by atoms with E-state index < -0.39 is 28.0 Å². The molecule has 19 heavy (non-hydrogen) atoms. The van der Waals surface area contributed by atoms with Crippen molar-refractivity contribution in [1.82, 2.24) is 4.72 Å². The summed E-state index contributed by atoms with van der Waals surface area (Å²) in [5.41, 5.74) is 0. The molecule has 0 aliphatic rings. The lowest BCUT2D eigenvalue weighted by atomic mass is 10.4. The summed E-state index contributed by atoms with van der Waals surface area (Å²) >= 11 is 0.940. The molecule has 7 nitrogen and oxygen atoms in total. The zero-order valence-electron chi connectivity index (χ0n) is 10.5. The van der Waals surface area contributed by atoms with Gasteiger partial charge in [-0.3, -0.25) is 4.79 Å². The number of hydrogen-bond donors (Lipinski definition) is 1. The monoisotopic (exact) mass is 307 g/mol. The SMILES string of the molecule is COC(=O)c1sccc1S(=O)(=O)N[C@H](C)C(=O)OC. The number of carbonyl (C=O) groups excluding carboxylic acids is 2. The molecule has 0 saturated carbocycles. The van der Waals surface area contributed by atoms with Crippen molar-refractivity contribution in [2.45, 2.75) is 17.9 Å². The van der Waals surface area contributed by atoms with Gasteiger partial charge in [0, 0.05) is 0 Å². The summed E-state index contributed by atoms with van der Waals surface area (Å²) in [5, 5.41) is 1.45. The fourth-order valence-corrected chi connectivity index (χ4v) is 3.80. The highest BCUT2D eigenvalue weighted by molar-refractivity contribution is 7.89. The van der Waals surface area contributed by atoms with Crippen molar-refractivity contribution in [3.8, 4) is 0 Å². The van der Waals surface area contributed by atoms with Crippen molar-refractivity contribution in [2.24, 2.45) is 0 Å². The average molecular weight is 307 g/mol. The first-order chi connectivity index (χ1) is 8.83. The Labute approximate surface area is 114 Å². The van der Waals surface area contributed by atoms with Gasteiger partial charge in [0.05, 0.1) is 14.2 Å². The summed E-state index contributed by atoms with van der Waals surface area (Å²) in [6.45, 7) is 1.34. The lowest BCUT2D eigenvalue weighted by molar-refractivity contribution is -0.142. The quantitative estimate of drug-likeness (QED) is 0.789. The summed E-state index contributed by atoms with van der Waals surface area (Å²) in [6, 6.07) is 0.212. The van der Waals surface area contributed by atoms with Crippen LogP contribution in [0.2, 0.25) is 0 Å². The molecule has 0 unspecified atom stereocenters. The molecule has 1 aromatic heterocycles. The van der Waals surface area contributed by atoms with E-state index in [2.05, 4.69) is 14.2 Å². The van der Waals surface area contributed by atoms with Gasteiger partial charge in [0.15, 0.2) is 0 Å². The normalized spacial score (nSPS) is 12.8. The van der Waals surface area contributed by atoms with Gasteiger partial charge in [-0.2, -0.15) is 4.72 Å². The lowest BCUT2D eigenvalue weighted by Gasteiger charge is -2.12. The average Bonchev–Trinajstić information content (AvgIpc) is 2.86. The third-order valence-corrected chi connectivity index (χ3v) is 4.78. The maximum Gasteiger partial charge on any atom is 0.349 e. The predicted molar refractivity (Wildman–Crippen MR) is 67.5 cm³/mol. The molecule has 0 aromatic carbocycles. The fourth-order valence-electron chi connectivity index (χ4n) is 1.27. The van der Waals surface area contributed by atoms with Crippen LogP contribution in [-0.4, -0.2) is 40.6 Å². The molecule has 0 fully saturated rings. The van der Waals surface area contributed by atoms with Crippen LogP contribution in [0.3, 0.4) is 0 Å². The minimum atomic E-state index is -4.00. The number of methoxy groups -OCH3 is 2. The van der Waals surface area contributed by atoms with Crippen LogP contribution in [0.1, 0.15) is 16.6 Å². The van der Waals surface area contributed by atoms with E-state index in [-0.39, 0.29) is 9.77 Å². The standard InChI is InChI=1S/C10H13NO6S2/c1-6(9(12)16-2)11-19(14,15)7-4-5-18-8(7)10(13)17-3/h4-6,11H,1-3H3/t6-/m1/s1. The van der Waals surface area contributed by atoms with Crippen molar-refractivity contribution >= 4 is 33.3 Å². The van der Waals surface area contributed by atoms with E-state index in [0.717, 1.165) is 25.6 Å². The van der Waals surface area contributed by atoms with Crippen LogP contribution in [0.5, 0.6) is 0 Å². The Kier molecular flexibility index (Phi) is 5.04. The van der Waals surface area contributed by atoms with Gasteiger partial charge >= 0.3 is 11.9 Å². The molecule has 0 aliphatic carbocycles. The van der Waals surface area contributed by atoms with Crippen molar-refractivity contribution < 1.29 is 27.5 Å². The molecule has 1 rings (SSSR count). The second-order valence-corrected chi connectivity index (χ2v) is 6.07. The molecule has 9 heteroatoms. The number of nitrogens with one attached hydrogen (secondary N) is 1. The summed E-state index contributed by atoms with van der Waals surface area (Å²) in [7, 11) is -1.69. The number of esters is 2. The molecule has 0 aliphatic heterocycles. The molecule has 1 heterocycles. The Morgan fingerprint density at radius 3 is 2.47 bits per heavy atom. The highest BCUT2D eigenvalue weighted by Gasteiger charge is 2.28. The Bertz CT molecular complexity index is 577. The van der Waals surface area contributed by atoms with E-state index in [4.69, 9.17) is 0 Å². The van der Waals surface area contributed by atoms with Crippen LogP contribution in [0.4, 0.5) is 0 Å². The molecular formula is C10H13NO6S2. The van der Waals surface area contributed by atoms with Crippen molar-refractivity contribution in [3.05, 3.63) is 16.3 Å². The number of hydrogen-bond acceptors (Lipinski definition) is 7. The summed E-state index contributed by atoms with van der Waals surface area (Å²) in [5.74, 6) is -1.47. The Morgan fingerprint density at radius 1 is 1.32 bits per heavy atom. The van der Waals surface area contributed by atoms with Gasteiger partial charge in [-0.1, -0.05) is 0 Å². The molecule has 1 atom stereocenters. The molecule has 0 spiro atoms. The van der Waals surface area contributed by atoms with Gasteiger partial charge in [0.25, 0.3) is 0 Å². The maximum atomic E-state index is 12.0. The minimum absolute atomic E-state index is 0.0490. The first-order valence-electron chi connectivity index (χ1n) is 5.09. The van der Waals surface area contributed by atoms with Crippen molar-refractivity contribution in [3.63, 3.8) is 0 Å². The number of thiophene rings is 1. The Hall–Kier alpha value is -1.45. The number of ether oxygens (including phenoxy) is 2. The highest BCUT2D eigenvalue weighted by atomic mass is 32.2. The van der Waals surface area contributed by atoms with Crippen LogP contribution >= 0.6 is 11.3 Å². The fraction of sp³-hybridized carbons (Fsp3) is 0.400. The van der Waals surface area contributed by atoms with Gasteiger partial charge in [0.2, 0.25) is 10.0 Å². The van der Waals surface area contributed by atoms with Crippen LogP contribution < -0.4 is 4.72 Å². The topological polar surface area (TPSA) is 98.8 Å². The molecule has 0 saturated heterocycles. The molecule has 0 amide bonds. The second-order valence-electron chi connectivity index (χ2n) is 3.47. The number of carbonyl (C=O) groups is 2. The minimum Gasteiger partial charge on any atom is -0.468 e. The van der Waals surface area contributed by atoms with Crippen molar-refractivity contribution in [1.29, 1.82) is 0 Å². The van der Waals surface area contributed by atoms with Crippen molar-refractivity contribution in [2.75, 3.05) is 14.2 Å². The van der Waals surface area contributed by atoms with Gasteiger partial charge in [-0.25, -0.2) is 13.2 Å². The first-order valence-corrected chi connectivity index (χ1v) is 7.45. The van der Waals surface area contributed by atoms with Crippen LogP contribution in [0.25, 0.3) is 0 Å². The molecule has 1 N–H and O–H groups in total. The van der Waals surface area contributed by atoms with Gasteiger partial charge in [-0.15, -0.1) is 11.3 Å². The third kappa shape index (κ3) is 3.52. The van der Waals surface area contributed by atoms with Gasteiger partial charge in [0.1, 0.15) is 15.8 Å². The first kappa shape index (κ1) is 15.6. The van der Waals surface area contributed by atoms with Gasteiger partial charge in [-0.05, 0) is 18.4 Å². The van der Waals surface area contributed by atoms with Gasteiger partial charge < -0.3 is 9.47 Å². The zero-order valence-corrected chi connectivity index (χ0v) is 12.1. The zero-order chi connectivity index (χ0) is 14.6. The van der Waals surface area contributed by atoms with Crippen LogP contribution in [-0.2, 0) is 24.3 Å². The van der Waals surface area contributed by atoms with E-state index >= 15 is 0 Å². The molecule has 1 aromatic rings. The van der Waals surface area contributed by atoms with E-state index in [9.17, 15) is 18.0 Å². The molecule has 0 bridgehead atoms. The largest absolute Gasteiger partial charge is 0.468 e. The third-order valence-electron chi connectivity index (χ3n) is 2.18. The van der Waals surface area contributed by atoms with E-state index in [0.29, 0.717) is 0 Å². The lowest BCUT2D eigenvalue weighted by Crippen LogP contribution is -2.39. The number of rotatable bonds is 5. The summed E-state index contributed by atoms with van der Waals surface area (Å²) in [4.78, 5) is 22.3. The Morgan fingerprint density at radius 2 is 1.95 bits per heavy atom. The number of sulfonamides is 1. The maximum absolute atomic E-state index is 12.0. The molecular weight excluding hydrogens is 294 g/mol. The summed E-state index contributed by atoms with van der Waals surface area (Å²) < 4.78 is 35.1. The summed E-state index contributed by atoms with van der Waals surface area (Å²) in [6.07, 6.45) is 0. The van der Waals surface area contributed by atoms with E-state index in [1.165, 1.54) is 18.4 Å². The molecule has 0 radical (unpaired) electrons. The smallest absolute Gasteiger partial charge is 0.349 e. The second kappa shape index (κ2) is 6.13. The highest BCUT2D eigenvalue weighted by Crippen LogP contribution is 2.22. The Balaban J connectivity index is 3.05. The van der Waals surface area contributed by atoms with E-state index in [1.54, 1.807) is 0 Å². The van der Waals surface area contributed by atoms with Crippen LogP contribution in [0, 0.1) is 0 Å². The van der Waals surface area contributed by atoms with E-state index in [1.807, 2.05) is 0 Å². The predicted octanol–water partition coefficient (Wildman–Crippen LogP) is 0.375.